The van der Waals surface area contributed by atoms with Crippen molar-refractivity contribution in [1.82, 2.24) is 5.32 Å². The van der Waals surface area contributed by atoms with Gasteiger partial charge in [0.05, 0.1) is 6.10 Å². The molecule has 2 N–H and O–H groups in total. The van der Waals surface area contributed by atoms with Crippen LogP contribution < -0.4 is 5.32 Å². The van der Waals surface area contributed by atoms with E-state index in [0.717, 1.165) is 25.3 Å². The average Bonchev–Trinajstić information content (AvgIpc) is 2.15. The first kappa shape index (κ1) is 14.9. The van der Waals surface area contributed by atoms with Crippen molar-refractivity contribution >= 4 is 0 Å². The highest BCUT2D eigenvalue weighted by molar-refractivity contribution is 4.71. The van der Waals surface area contributed by atoms with E-state index in [0.29, 0.717) is 12.0 Å². The molecule has 0 spiro atoms. The molecule has 2 unspecified atom stereocenters. The van der Waals surface area contributed by atoms with E-state index in [1.54, 1.807) is 0 Å². The zero-order valence-electron chi connectivity index (χ0n) is 11.1. The largest absolute Gasteiger partial charge is 0.392 e. The molecule has 0 radical (unpaired) electrons. The van der Waals surface area contributed by atoms with Crippen molar-refractivity contribution in [2.75, 3.05) is 6.54 Å². The number of nitrogens with one attached hydrogen (secondary N) is 1. The van der Waals surface area contributed by atoms with E-state index in [9.17, 15) is 5.11 Å². The van der Waals surface area contributed by atoms with Gasteiger partial charge >= 0.3 is 0 Å². The summed E-state index contributed by atoms with van der Waals surface area (Å²) in [4.78, 5) is 0. The molecule has 2 nitrogen and oxygen atoms in total. The highest BCUT2D eigenvalue weighted by Crippen LogP contribution is 2.13. The van der Waals surface area contributed by atoms with Gasteiger partial charge in [0.25, 0.3) is 0 Å². The SMILES string of the molecule is CCC(CC)C(O)CNC(C)CC(C)C. The molecule has 0 rings (SSSR count). The summed E-state index contributed by atoms with van der Waals surface area (Å²) in [5.41, 5.74) is 0. The highest BCUT2D eigenvalue weighted by Gasteiger charge is 2.16. The fourth-order valence-electron chi connectivity index (χ4n) is 2.11. The summed E-state index contributed by atoms with van der Waals surface area (Å²) in [6.45, 7) is 11.7. The lowest BCUT2D eigenvalue weighted by Crippen LogP contribution is -2.37. The normalized spacial score (nSPS) is 16.0. The second kappa shape index (κ2) is 8.12. The zero-order valence-corrected chi connectivity index (χ0v) is 11.1. The van der Waals surface area contributed by atoms with Crippen LogP contribution in [-0.4, -0.2) is 23.8 Å². The minimum absolute atomic E-state index is 0.186. The number of aliphatic hydroxyl groups excluding tert-OH is 1. The summed E-state index contributed by atoms with van der Waals surface area (Å²) in [7, 11) is 0. The molecule has 2 heteroatoms. The van der Waals surface area contributed by atoms with Crippen LogP contribution >= 0.6 is 0 Å². The minimum Gasteiger partial charge on any atom is -0.392 e. The molecular weight excluding hydrogens is 186 g/mol. The van der Waals surface area contributed by atoms with Gasteiger partial charge < -0.3 is 10.4 Å². The van der Waals surface area contributed by atoms with Gasteiger partial charge in [-0.05, 0) is 25.2 Å². The van der Waals surface area contributed by atoms with Crippen LogP contribution in [0.2, 0.25) is 0 Å². The molecule has 0 amide bonds. The van der Waals surface area contributed by atoms with E-state index in [1.807, 2.05) is 0 Å². The first-order valence-corrected chi connectivity index (χ1v) is 6.42. The third kappa shape index (κ3) is 6.91. The van der Waals surface area contributed by atoms with Crippen molar-refractivity contribution in [2.45, 2.75) is 66.0 Å². The molecule has 0 aliphatic rings. The maximum absolute atomic E-state index is 9.93. The lowest BCUT2D eigenvalue weighted by molar-refractivity contribution is 0.0980. The van der Waals surface area contributed by atoms with E-state index >= 15 is 0 Å². The monoisotopic (exact) mass is 215 g/mol. The first-order chi connectivity index (χ1) is 7.01. The van der Waals surface area contributed by atoms with Gasteiger partial charge in [-0.2, -0.15) is 0 Å². The van der Waals surface area contributed by atoms with Gasteiger partial charge in [-0.15, -0.1) is 0 Å². The Morgan fingerprint density at radius 3 is 2.00 bits per heavy atom. The quantitative estimate of drug-likeness (QED) is 0.652. The Kier molecular flexibility index (Phi) is 8.07. The van der Waals surface area contributed by atoms with Crippen molar-refractivity contribution in [3.63, 3.8) is 0 Å². The second-order valence-electron chi connectivity index (χ2n) is 5.08. The Hall–Kier alpha value is -0.0800. The summed E-state index contributed by atoms with van der Waals surface area (Å²) in [5.74, 6) is 1.17. The van der Waals surface area contributed by atoms with Crippen LogP contribution in [0.5, 0.6) is 0 Å². The molecule has 0 bridgehead atoms. The Bertz CT molecular complexity index is 143. The molecular formula is C13H29NO. The molecule has 0 saturated carbocycles. The van der Waals surface area contributed by atoms with Gasteiger partial charge in [0.15, 0.2) is 0 Å². The van der Waals surface area contributed by atoms with Crippen LogP contribution in [0.4, 0.5) is 0 Å². The number of aliphatic hydroxyl groups is 1. The van der Waals surface area contributed by atoms with E-state index < -0.39 is 0 Å². The predicted octanol–water partition coefficient (Wildman–Crippen LogP) is 2.81. The lowest BCUT2D eigenvalue weighted by Gasteiger charge is -2.23. The first-order valence-electron chi connectivity index (χ1n) is 6.42. The van der Waals surface area contributed by atoms with Crippen molar-refractivity contribution in [1.29, 1.82) is 0 Å². The van der Waals surface area contributed by atoms with Crippen LogP contribution in [0.25, 0.3) is 0 Å². The Morgan fingerprint density at radius 2 is 1.60 bits per heavy atom. The molecule has 0 fully saturated rings. The Morgan fingerprint density at radius 1 is 1.07 bits per heavy atom. The maximum atomic E-state index is 9.93. The molecule has 0 aliphatic carbocycles. The van der Waals surface area contributed by atoms with Crippen LogP contribution in [0.1, 0.15) is 53.9 Å². The van der Waals surface area contributed by atoms with Crippen molar-refractivity contribution in [2.24, 2.45) is 11.8 Å². The van der Waals surface area contributed by atoms with Crippen molar-refractivity contribution < 1.29 is 5.11 Å². The van der Waals surface area contributed by atoms with Gasteiger partial charge in [-0.1, -0.05) is 40.5 Å². The van der Waals surface area contributed by atoms with E-state index in [-0.39, 0.29) is 6.10 Å². The summed E-state index contributed by atoms with van der Waals surface area (Å²) in [6.07, 6.45) is 3.13. The summed E-state index contributed by atoms with van der Waals surface area (Å²) < 4.78 is 0. The topological polar surface area (TPSA) is 32.3 Å². The fourth-order valence-corrected chi connectivity index (χ4v) is 2.11. The lowest BCUT2D eigenvalue weighted by atomic mass is 9.96. The molecule has 15 heavy (non-hydrogen) atoms. The summed E-state index contributed by atoms with van der Waals surface area (Å²) in [6, 6.07) is 0.508. The number of hydrogen-bond donors (Lipinski definition) is 2. The average molecular weight is 215 g/mol. The van der Waals surface area contributed by atoms with Crippen LogP contribution in [0.3, 0.4) is 0 Å². The zero-order chi connectivity index (χ0) is 11.8. The van der Waals surface area contributed by atoms with Gasteiger partial charge in [-0.25, -0.2) is 0 Å². The molecule has 0 heterocycles. The standard InChI is InChI=1S/C13H29NO/c1-6-12(7-2)13(15)9-14-11(5)8-10(3)4/h10-15H,6-9H2,1-5H3. The van der Waals surface area contributed by atoms with E-state index in [4.69, 9.17) is 0 Å². The fraction of sp³-hybridized carbons (Fsp3) is 1.00. The second-order valence-corrected chi connectivity index (χ2v) is 5.08. The third-order valence-corrected chi connectivity index (χ3v) is 3.09. The summed E-state index contributed by atoms with van der Waals surface area (Å²) in [5, 5.41) is 13.3. The van der Waals surface area contributed by atoms with Crippen LogP contribution in [0, 0.1) is 11.8 Å². The van der Waals surface area contributed by atoms with Gasteiger partial charge in [0, 0.05) is 12.6 Å². The van der Waals surface area contributed by atoms with E-state index in [2.05, 4.69) is 39.9 Å². The molecule has 2 atom stereocenters. The Labute approximate surface area is 95.5 Å². The Balaban J connectivity index is 3.73. The molecule has 0 saturated heterocycles. The smallest absolute Gasteiger partial charge is 0.0692 e. The molecule has 0 aromatic carbocycles. The predicted molar refractivity (Wildman–Crippen MR) is 67.0 cm³/mol. The third-order valence-electron chi connectivity index (χ3n) is 3.09. The minimum atomic E-state index is -0.186. The molecule has 0 aliphatic heterocycles. The van der Waals surface area contributed by atoms with Crippen LogP contribution in [0.15, 0.2) is 0 Å². The van der Waals surface area contributed by atoms with Crippen LogP contribution in [-0.2, 0) is 0 Å². The van der Waals surface area contributed by atoms with E-state index in [1.165, 1.54) is 6.42 Å². The maximum Gasteiger partial charge on any atom is 0.0692 e. The van der Waals surface area contributed by atoms with Crippen molar-refractivity contribution in [3.8, 4) is 0 Å². The number of hydrogen-bond acceptors (Lipinski definition) is 2. The van der Waals surface area contributed by atoms with Gasteiger partial charge in [0.2, 0.25) is 0 Å². The molecule has 0 aromatic heterocycles. The summed E-state index contributed by atoms with van der Waals surface area (Å²) >= 11 is 0. The highest BCUT2D eigenvalue weighted by atomic mass is 16.3. The molecule has 92 valence electrons. The van der Waals surface area contributed by atoms with Gasteiger partial charge in [-0.3, -0.25) is 0 Å². The van der Waals surface area contributed by atoms with Gasteiger partial charge in [0.1, 0.15) is 0 Å². The van der Waals surface area contributed by atoms with Crippen molar-refractivity contribution in [3.05, 3.63) is 0 Å². The number of rotatable bonds is 8. The molecule has 0 aromatic rings.